The molecule has 0 amide bonds. The van der Waals surface area contributed by atoms with Gasteiger partial charge in [0.1, 0.15) is 0 Å². The van der Waals surface area contributed by atoms with E-state index >= 15 is 0 Å². The van der Waals surface area contributed by atoms with Gasteiger partial charge >= 0.3 is 0 Å². The molecule has 0 saturated heterocycles. The Morgan fingerprint density at radius 1 is 0.958 bits per heavy atom. The lowest BCUT2D eigenvalue weighted by Gasteiger charge is -2.18. The van der Waals surface area contributed by atoms with Gasteiger partial charge in [-0.25, -0.2) is 0 Å². The molecule has 1 atom stereocenters. The summed E-state index contributed by atoms with van der Waals surface area (Å²) in [5.74, 6) is 1.60. The third-order valence-electron chi connectivity index (χ3n) is 3.57. The Hall–Kier alpha value is -2.15. The summed E-state index contributed by atoms with van der Waals surface area (Å²) in [6.07, 6.45) is 0. The molecule has 0 aliphatic carbocycles. The summed E-state index contributed by atoms with van der Waals surface area (Å²) < 4.78 is 11.2. The summed E-state index contributed by atoms with van der Waals surface area (Å²) in [6, 6.07) is 8.20. The number of rotatable bonds is 4. The molecule has 1 aromatic carbocycles. The maximum absolute atomic E-state index is 5.75. The van der Waals surface area contributed by atoms with Gasteiger partial charge in [0.2, 0.25) is 17.7 Å². The van der Waals surface area contributed by atoms with E-state index in [0.717, 1.165) is 5.56 Å². The molecule has 2 aromatic heterocycles. The molecular formula is C17H20N4O2S. The third-order valence-corrected chi connectivity index (χ3v) is 4.49. The van der Waals surface area contributed by atoms with E-state index in [0.29, 0.717) is 22.9 Å². The number of nitrogens with zero attached hydrogens (tertiary/aromatic N) is 4. The first-order chi connectivity index (χ1) is 11.3. The van der Waals surface area contributed by atoms with Crippen molar-refractivity contribution in [3.63, 3.8) is 0 Å². The van der Waals surface area contributed by atoms with Crippen LogP contribution >= 0.6 is 11.8 Å². The topological polar surface area (TPSA) is 77.8 Å². The van der Waals surface area contributed by atoms with Crippen molar-refractivity contribution in [1.82, 2.24) is 20.4 Å². The Labute approximate surface area is 145 Å². The van der Waals surface area contributed by atoms with Gasteiger partial charge in [-0.2, -0.15) is 0 Å². The number of thioether (sulfide) groups is 1. The van der Waals surface area contributed by atoms with Crippen molar-refractivity contribution in [2.45, 2.75) is 50.5 Å². The molecule has 0 bridgehead atoms. The lowest BCUT2D eigenvalue weighted by Crippen LogP contribution is -2.10. The van der Waals surface area contributed by atoms with Gasteiger partial charge in [-0.1, -0.05) is 44.7 Å². The highest BCUT2D eigenvalue weighted by Gasteiger charge is 2.19. The summed E-state index contributed by atoms with van der Waals surface area (Å²) in [5.41, 5.74) is 2.29. The van der Waals surface area contributed by atoms with Crippen molar-refractivity contribution >= 4 is 11.8 Å². The summed E-state index contributed by atoms with van der Waals surface area (Å²) in [5, 5.41) is 16.5. The fourth-order valence-electron chi connectivity index (χ4n) is 2.16. The van der Waals surface area contributed by atoms with Crippen LogP contribution < -0.4 is 0 Å². The molecule has 1 unspecified atom stereocenters. The molecule has 0 spiro atoms. The van der Waals surface area contributed by atoms with E-state index in [2.05, 4.69) is 53.3 Å². The van der Waals surface area contributed by atoms with Gasteiger partial charge in [-0.15, -0.1) is 20.4 Å². The first-order valence-corrected chi connectivity index (χ1v) is 8.62. The molecule has 0 fully saturated rings. The van der Waals surface area contributed by atoms with Gasteiger partial charge in [-0.05, 0) is 30.0 Å². The van der Waals surface area contributed by atoms with Gasteiger partial charge in [0.25, 0.3) is 5.22 Å². The van der Waals surface area contributed by atoms with E-state index in [1.54, 1.807) is 6.92 Å². The van der Waals surface area contributed by atoms with Gasteiger partial charge in [0.05, 0.1) is 5.25 Å². The molecule has 3 rings (SSSR count). The highest BCUT2D eigenvalue weighted by molar-refractivity contribution is 7.99. The van der Waals surface area contributed by atoms with Crippen molar-refractivity contribution < 1.29 is 8.83 Å². The zero-order chi connectivity index (χ0) is 17.3. The second kappa shape index (κ2) is 6.39. The van der Waals surface area contributed by atoms with Crippen LogP contribution in [0.2, 0.25) is 0 Å². The van der Waals surface area contributed by atoms with E-state index in [9.17, 15) is 0 Å². The second-order valence-corrected chi connectivity index (χ2v) is 7.91. The van der Waals surface area contributed by atoms with Crippen LogP contribution in [0.25, 0.3) is 11.5 Å². The minimum absolute atomic E-state index is 0.0530. The number of hydrogen-bond donors (Lipinski definition) is 0. The average Bonchev–Trinajstić information content (AvgIpc) is 3.16. The van der Waals surface area contributed by atoms with Crippen molar-refractivity contribution in [2.75, 3.05) is 0 Å². The molecule has 0 radical (unpaired) electrons. The van der Waals surface area contributed by atoms with Crippen molar-refractivity contribution in [2.24, 2.45) is 0 Å². The first-order valence-electron chi connectivity index (χ1n) is 7.74. The van der Waals surface area contributed by atoms with Crippen molar-refractivity contribution in [3.05, 3.63) is 41.6 Å². The maximum Gasteiger partial charge on any atom is 0.277 e. The van der Waals surface area contributed by atoms with Crippen LogP contribution in [0.15, 0.2) is 38.3 Å². The minimum Gasteiger partial charge on any atom is -0.424 e. The van der Waals surface area contributed by atoms with Gasteiger partial charge in [-0.3, -0.25) is 0 Å². The van der Waals surface area contributed by atoms with Gasteiger partial charge in [0, 0.05) is 12.5 Å². The van der Waals surface area contributed by atoms with Crippen LogP contribution in [0.1, 0.15) is 50.3 Å². The van der Waals surface area contributed by atoms with Gasteiger partial charge in [0.15, 0.2) is 0 Å². The van der Waals surface area contributed by atoms with Gasteiger partial charge < -0.3 is 8.83 Å². The molecule has 3 aromatic rings. The predicted octanol–water partition coefficient (Wildman–Crippen LogP) is 4.58. The quantitative estimate of drug-likeness (QED) is 0.641. The smallest absolute Gasteiger partial charge is 0.277 e. The highest BCUT2D eigenvalue weighted by atomic mass is 32.2. The monoisotopic (exact) mass is 344 g/mol. The van der Waals surface area contributed by atoms with E-state index in [1.165, 1.54) is 17.3 Å². The molecular weight excluding hydrogens is 324 g/mol. The number of aryl methyl sites for hydroxylation is 1. The zero-order valence-electron chi connectivity index (χ0n) is 14.4. The Bertz CT molecular complexity index is 818. The number of hydrogen-bond acceptors (Lipinski definition) is 7. The predicted molar refractivity (Wildman–Crippen MR) is 91.7 cm³/mol. The molecule has 6 nitrogen and oxygen atoms in total. The Morgan fingerprint density at radius 3 is 2.25 bits per heavy atom. The summed E-state index contributed by atoms with van der Waals surface area (Å²) in [6.45, 7) is 10.3. The fourth-order valence-corrected chi connectivity index (χ4v) is 2.88. The van der Waals surface area contributed by atoms with Crippen LogP contribution in [-0.4, -0.2) is 20.4 Å². The molecule has 126 valence electrons. The SMILES string of the molecule is Cc1nnc(C(C)Sc2nnc(-c3ccc(C(C)(C)C)cc3)o2)o1. The molecule has 0 aliphatic rings. The number of benzene rings is 1. The normalized spacial score (nSPS) is 13.2. The molecule has 7 heteroatoms. The maximum atomic E-state index is 5.75. The highest BCUT2D eigenvalue weighted by Crippen LogP contribution is 2.34. The van der Waals surface area contributed by atoms with Crippen LogP contribution in [0.5, 0.6) is 0 Å². The largest absolute Gasteiger partial charge is 0.424 e. The van der Waals surface area contributed by atoms with Crippen LogP contribution in [0.4, 0.5) is 0 Å². The summed E-state index contributed by atoms with van der Waals surface area (Å²) in [7, 11) is 0. The lowest BCUT2D eigenvalue weighted by molar-refractivity contribution is 0.454. The molecule has 0 N–H and O–H groups in total. The fraction of sp³-hybridized carbons (Fsp3) is 0.412. The first kappa shape index (κ1) is 16.7. The molecule has 0 aliphatic heterocycles. The second-order valence-electron chi connectivity index (χ2n) is 6.62. The lowest BCUT2D eigenvalue weighted by atomic mass is 9.87. The number of aromatic nitrogens is 4. The Kier molecular flexibility index (Phi) is 4.45. The average molecular weight is 344 g/mol. The zero-order valence-corrected chi connectivity index (χ0v) is 15.2. The van der Waals surface area contributed by atoms with Crippen molar-refractivity contribution in [1.29, 1.82) is 0 Å². The standard InChI is InChI=1S/C17H20N4O2S/c1-10(14-19-18-11(2)22-14)24-16-21-20-15(23-16)12-6-8-13(9-7-12)17(3,4)5/h6-10H,1-5H3. The molecule has 24 heavy (non-hydrogen) atoms. The summed E-state index contributed by atoms with van der Waals surface area (Å²) >= 11 is 1.40. The Morgan fingerprint density at radius 2 is 1.67 bits per heavy atom. The minimum atomic E-state index is -0.0530. The Balaban J connectivity index is 1.73. The van der Waals surface area contributed by atoms with E-state index < -0.39 is 0 Å². The third kappa shape index (κ3) is 3.67. The van der Waals surface area contributed by atoms with E-state index in [4.69, 9.17) is 8.83 Å². The van der Waals surface area contributed by atoms with E-state index in [1.807, 2.05) is 19.1 Å². The summed E-state index contributed by atoms with van der Waals surface area (Å²) in [4.78, 5) is 0. The molecule has 2 heterocycles. The van der Waals surface area contributed by atoms with Crippen molar-refractivity contribution in [3.8, 4) is 11.5 Å². The van der Waals surface area contributed by atoms with Crippen LogP contribution in [-0.2, 0) is 5.41 Å². The van der Waals surface area contributed by atoms with Crippen LogP contribution in [0.3, 0.4) is 0 Å². The van der Waals surface area contributed by atoms with E-state index in [-0.39, 0.29) is 10.7 Å². The molecule has 0 saturated carbocycles. The van der Waals surface area contributed by atoms with Crippen LogP contribution in [0, 0.1) is 6.92 Å².